The van der Waals surface area contributed by atoms with Crippen LogP contribution in [0.2, 0.25) is 5.15 Å². The molecule has 0 aliphatic heterocycles. The maximum atomic E-state index is 13.0. The number of nitrogens with one attached hydrogen (secondary N) is 1. The number of fused-ring (bicyclic) bond motifs is 1. The molecule has 9 heteroatoms. The third kappa shape index (κ3) is 3.62. The fourth-order valence-electron chi connectivity index (χ4n) is 2.73. The molecule has 0 bridgehead atoms. The highest BCUT2D eigenvalue weighted by atomic mass is 127. The fraction of sp³-hybridized carbons (Fsp3) is 0.0556. The summed E-state index contributed by atoms with van der Waals surface area (Å²) >= 11 is 7.82. The van der Waals surface area contributed by atoms with Gasteiger partial charge in [0.05, 0.1) is 52.9 Å². The predicted molar refractivity (Wildman–Crippen MR) is 110 cm³/mol. The number of para-hydroxylation sites is 1. The van der Waals surface area contributed by atoms with Crippen LogP contribution in [0, 0.1) is 0 Å². The lowest BCUT2D eigenvalue weighted by molar-refractivity contribution is 0.0885. The molecule has 3 aromatic heterocycles. The maximum Gasteiger partial charge on any atom is 0.265 e. The molecule has 0 unspecified atom stereocenters. The Morgan fingerprint density at radius 3 is 2.78 bits per heavy atom. The molecule has 0 aliphatic rings. The number of nitrogens with zero attached hydrogens (tertiary/aromatic N) is 5. The first-order valence-corrected chi connectivity index (χ1v) is 9.30. The van der Waals surface area contributed by atoms with Crippen molar-refractivity contribution in [2.75, 3.05) is 0 Å². The first kappa shape index (κ1) is 17.8. The van der Waals surface area contributed by atoms with Crippen LogP contribution in [0.25, 0.3) is 22.2 Å². The van der Waals surface area contributed by atoms with Crippen LogP contribution in [-0.2, 0) is 6.54 Å². The summed E-state index contributed by atoms with van der Waals surface area (Å²) in [6.07, 6.45) is 4.91. The van der Waals surface area contributed by atoms with Crippen molar-refractivity contribution in [3.05, 3.63) is 71.3 Å². The Balaban J connectivity index is 1.66. The lowest BCUT2D eigenvalue weighted by Gasteiger charge is -2.15. The molecule has 0 aliphatic carbocycles. The van der Waals surface area contributed by atoms with Gasteiger partial charge in [0.15, 0.2) is 0 Å². The van der Waals surface area contributed by atoms with Gasteiger partial charge in [0.1, 0.15) is 10.8 Å². The van der Waals surface area contributed by atoms with E-state index in [1.54, 1.807) is 33.8 Å². The average Bonchev–Trinajstić information content (AvgIpc) is 3.14. The van der Waals surface area contributed by atoms with Crippen LogP contribution in [-0.4, -0.2) is 34.4 Å². The molecule has 0 radical (unpaired) electrons. The van der Waals surface area contributed by atoms with E-state index in [1.807, 2.05) is 47.1 Å². The molecule has 4 rings (SSSR count). The number of pyridine rings is 1. The van der Waals surface area contributed by atoms with Crippen LogP contribution < -0.4 is 0 Å². The number of rotatable bonds is 4. The molecule has 0 saturated carbocycles. The van der Waals surface area contributed by atoms with Gasteiger partial charge in [-0.3, -0.25) is 13.0 Å². The molecule has 0 spiro atoms. The SMILES string of the molecule is O=C(c1cccc2c(-c3ccnnc3)n[nH]c12)N(I)Cc1ccc(Cl)nc1. The van der Waals surface area contributed by atoms with Crippen molar-refractivity contribution in [1.82, 2.24) is 28.5 Å². The molecule has 1 N–H and O–H groups in total. The van der Waals surface area contributed by atoms with Gasteiger partial charge in [-0.15, -0.1) is 0 Å². The zero-order chi connectivity index (χ0) is 18.8. The highest BCUT2D eigenvalue weighted by molar-refractivity contribution is 14.1. The zero-order valence-electron chi connectivity index (χ0n) is 13.8. The summed E-state index contributed by atoms with van der Waals surface area (Å²) in [5, 5.41) is 16.3. The van der Waals surface area contributed by atoms with E-state index in [-0.39, 0.29) is 5.91 Å². The first-order valence-electron chi connectivity index (χ1n) is 7.96. The zero-order valence-corrected chi connectivity index (χ0v) is 16.7. The molecule has 4 aromatic rings. The van der Waals surface area contributed by atoms with Crippen molar-refractivity contribution < 1.29 is 4.79 Å². The molecule has 0 saturated heterocycles. The summed E-state index contributed by atoms with van der Waals surface area (Å²) in [6.45, 7) is 0.412. The van der Waals surface area contributed by atoms with Crippen molar-refractivity contribution in [3.63, 3.8) is 0 Å². The van der Waals surface area contributed by atoms with Gasteiger partial charge in [0.2, 0.25) is 0 Å². The van der Waals surface area contributed by atoms with Crippen molar-refractivity contribution >= 4 is 51.3 Å². The number of H-pyrrole nitrogens is 1. The molecule has 3 heterocycles. The van der Waals surface area contributed by atoms with Crippen molar-refractivity contribution in [2.24, 2.45) is 0 Å². The third-order valence-corrected chi connectivity index (χ3v) is 5.02. The molecule has 1 amide bonds. The van der Waals surface area contributed by atoms with Crippen LogP contribution in [0.15, 0.2) is 55.0 Å². The van der Waals surface area contributed by atoms with Crippen molar-refractivity contribution in [2.45, 2.75) is 6.54 Å². The minimum absolute atomic E-state index is 0.126. The molecular formula is C18H12ClIN6O. The smallest absolute Gasteiger partial charge is 0.265 e. The number of halogens is 2. The molecule has 27 heavy (non-hydrogen) atoms. The summed E-state index contributed by atoms with van der Waals surface area (Å²) < 4.78 is 1.60. The Labute approximate surface area is 173 Å². The maximum absolute atomic E-state index is 13.0. The Morgan fingerprint density at radius 2 is 2.04 bits per heavy atom. The van der Waals surface area contributed by atoms with Crippen molar-refractivity contribution in [3.8, 4) is 11.3 Å². The second-order valence-corrected chi connectivity index (χ2v) is 7.30. The highest BCUT2D eigenvalue weighted by Crippen LogP contribution is 2.28. The minimum Gasteiger partial charge on any atom is -0.276 e. The molecule has 0 atom stereocenters. The topological polar surface area (TPSA) is 87.7 Å². The van der Waals surface area contributed by atoms with Gasteiger partial charge in [0, 0.05) is 17.1 Å². The van der Waals surface area contributed by atoms with Gasteiger partial charge >= 0.3 is 0 Å². The summed E-state index contributed by atoms with van der Waals surface area (Å²) in [5.41, 5.74) is 3.69. The summed E-state index contributed by atoms with van der Waals surface area (Å²) in [6, 6.07) is 10.9. The van der Waals surface area contributed by atoms with Crippen molar-refractivity contribution in [1.29, 1.82) is 0 Å². The van der Waals surface area contributed by atoms with Gasteiger partial charge in [0.25, 0.3) is 5.91 Å². The van der Waals surface area contributed by atoms with Gasteiger partial charge in [-0.05, 0) is 23.8 Å². The average molecular weight is 491 g/mol. The Kier molecular flexibility index (Phi) is 4.99. The summed E-state index contributed by atoms with van der Waals surface area (Å²) in [4.78, 5) is 17.0. The second kappa shape index (κ2) is 7.57. The minimum atomic E-state index is -0.126. The number of benzene rings is 1. The third-order valence-electron chi connectivity index (χ3n) is 4.02. The highest BCUT2D eigenvalue weighted by Gasteiger charge is 2.19. The molecular weight excluding hydrogens is 479 g/mol. The van der Waals surface area contributed by atoms with E-state index in [0.29, 0.717) is 22.8 Å². The van der Waals surface area contributed by atoms with Crippen LogP contribution >= 0.6 is 34.5 Å². The van der Waals surface area contributed by atoms with Gasteiger partial charge < -0.3 is 0 Å². The van der Waals surface area contributed by atoms with E-state index in [4.69, 9.17) is 11.6 Å². The predicted octanol–water partition coefficient (Wildman–Crippen LogP) is 4.06. The lowest BCUT2D eigenvalue weighted by Crippen LogP contribution is -2.20. The van der Waals surface area contributed by atoms with E-state index in [1.165, 1.54) is 0 Å². The summed E-state index contributed by atoms with van der Waals surface area (Å²) in [5.74, 6) is -0.126. The number of hydrogen-bond acceptors (Lipinski definition) is 5. The first-order chi connectivity index (χ1) is 13.1. The largest absolute Gasteiger partial charge is 0.276 e. The van der Waals surface area contributed by atoms with Gasteiger partial charge in [-0.1, -0.05) is 29.8 Å². The van der Waals surface area contributed by atoms with Crippen LogP contribution in [0.4, 0.5) is 0 Å². The van der Waals surface area contributed by atoms with Crippen LogP contribution in [0.5, 0.6) is 0 Å². The Hall–Kier alpha value is -2.59. The monoisotopic (exact) mass is 490 g/mol. The number of aromatic nitrogens is 5. The number of hydrogen-bond donors (Lipinski definition) is 1. The molecule has 1 aromatic carbocycles. The van der Waals surface area contributed by atoms with E-state index in [0.717, 1.165) is 22.2 Å². The van der Waals surface area contributed by atoms with E-state index < -0.39 is 0 Å². The Morgan fingerprint density at radius 1 is 1.15 bits per heavy atom. The quantitative estimate of drug-likeness (QED) is 0.265. The van der Waals surface area contributed by atoms with E-state index in [2.05, 4.69) is 25.4 Å². The molecule has 7 nitrogen and oxygen atoms in total. The Bertz CT molecular complexity index is 1100. The number of amides is 1. The molecule has 134 valence electrons. The number of aromatic amines is 1. The summed E-state index contributed by atoms with van der Waals surface area (Å²) in [7, 11) is 0. The number of carbonyl (C=O) groups excluding carboxylic acids is 1. The van der Waals surface area contributed by atoms with Crippen LogP contribution in [0.1, 0.15) is 15.9 Å². The van der Waals surface area contributed by atoms with Crippen LogP contribution in [0.3, 0.4) is 0 Å². The number of carbonyl (C=O) groups is 1. The molecule has 0 fully saturated rings. The van der Waals surface area contributed by atoms with Gasteiger partial charge in [-0.2, -0.15) is 15.3 Å². The second-order valence-electron chi connectivity index (χ2n) is 5.75. The van der Waals surface area contributed by atoms with E-state index >= 15 is 0 Å². The lowest BCUT2D eigenvalue weighted by atomic mass is 10.1. The van der Waals surface area contributed by atoms with E-state index in [9.17, 15) is 4.79 Å². The van der Waals surface area contributed by atoms with Gasteiger partial charge in [-0.25, -0.2) is 4.98 Å². The standard InChI is InChI=1S/C18H12ClIN6O/c19-15-5-4-11(8-21-15)10-26(20)18(27)14-3-1-2-13-16(24-25-17(13)14)12-6-7-22-23-9-12/h1-9H,10H2,(H,24,25). The normalized spacial score (nSPS) is 10.9. The fourth-order valence-corrected chi connectivity index (χ4v) is 3.50.